The van der Waals surface area contributed by atoms with Crippen molar-refractivity contribution in [3.63, 3.8) is 0 Å². The van der Waals surface area contributed by atoms with Crippen LogP contribution in [0.2, 0.25) is 0 Å². The highest BCUT2D eigenvalue weighted by molar-refractivity contribution is 7.89. The van der Waals surface area contributed by atoms with Crippen LogP contribution in [0, 0.1) is 13.8 Å². The second-order valence-electron chi connectivity index (χ2n) is 5.19. The van der Waals surface area contributed by atoms with Gasteiger partial charge in [-0.15, -0.1) is 0 Å². The third-order valence-corrected chi connectivity index (χ3v) is 5.47. The van der Waals surface area contributed by atoms with Gasteiger partial charge in [0.25, 0.3) is 0 Å². The summed E-state index contributed by atoms with van der Waals surface area (Å²) in [5, 5.41) is 3.84. The van der Waals surface area contributed by atoms with Crippen LogP contribution in [-0.2, 0) is 14.8 Å². The average Bonchev–Trinajstić information content (AvgIpc) is 2.94. The zero-order valence-corrected chi connectivity index (χ0v) is 13.2. The van der Waals surface area contributed by atoms with E-state index >= 15 is 0 Å². The molecule has 118 valence electrons. The SMILES string of the molecule is Cc1ccc(S(=O)(=O)N2CCOC[C@@H]2c2noc(C)n2)cc1. The summed E-state index contributed by atoms with van der Waals surface area (Å²) in [4.78, 5) is 4.40. The minimum atomic E-state index is -3.64. The fraction of sp³-hybridized carbons (Fsp3) is 0.429. The van der Waals surface area contributed by atoms with Crippen molar-refractivity contribution in [2.45, 2.75) is 24.8 Å². The molecule has 1 aliphatic rings. The molecular formula is C14H17N3O4S. The number of aromatic nitrogens is 2. The first kappa shape index (κ1) is 15.1. The zero-order chi connectivity index (χ0) is 15.7. The maximum atomic E-state index is 12.9. The molecule has 0 spiro atoms. The van der Waals surface area contributed by atoms with Gasteiger partial charge in [-0.1, -0.05) is 22.9 Å². The van der Waals surface area contributed by atoms with Crippen LogP contribution < -0.4 is 0 Å². The number of sulfonamides is 1. The van der Waals surface area contributed by atoms with Gasteiger partial charge in [0.15, 0.2) is 5.82 Å². The molecule has 0 radical (unpaired) electrons. The van der Waals surface area contributed by atoms with Crippen LogP contribution in [0.4, 0.5) is 0 Å². The maximum Gasteiger partial charge on any atom is 0.243 e. The van der Waals surface area contributed by atoms with Crippen molar-refractivity contribution in [2.75, 3.05) is 19.8 Å². The van der Waals surface area contributed by atoms with E-state index in [-0.39, 0.29) is 18.0 Å². The molecule has 7 nitrogen and oxygen atoms in total. The summed E-state index contributed by atoms with van der Waals surface area (Å²) in [7, 11) is -3.64. The van der Waals surface area contributed by atoms with Crippen LogP contribution in [0.15, 0.2) is 33.7 Å². The monoisotopic (exact) mass is 323 g/mol. The van der Waals surface area contributed by atoms with E-state index in [1.165, 1.54) is 4.31 Å². The summed E-state index contributed by atoms with van der Waals surface area (Å²) in [5.41, 5.74) is 1.01. The van der Waals surface area contributed by atoms with Crippen molar-refractivity contribution in [1.82, 2.24) is 14.4 Å². The summed E-state index contributed by atoms with van der Waals surface area (Å²) in [6.45, 7) is 4.39. The highest BCUT2D eigenvalue weighted by atomic mass is 32.2. The number of benzene rings is 1. The number of rotatable bonds is 3. The quantitative estimate of drug-likeness (QED) is 0.850. The van der Waals surface area contributed by atoms with Gasteiger partial charge in [-0.2, -0.15) is 9.29 Å². The highest BCUT2D eigenvalue weighted by Gasteiger charge is 2.37. The predicted octanol–water partition coefficient (Wildman–Crippen LogP) is 1.45. The van der Waals surface area contributed by atoms with Gasteiger partial charge in [0.05, 0.1) is 18.1 Å². The number of aryl methyl sites for hydroxylation is 2. The summed E-state index contributed by atoms with van der Waals surface area (Å²) in [6.07, 6.45) is 0. The number of morpholine rings is 1. The third kappa shape index (κ3) is 2.77. The Morgan fingerprint density at radius 2 is 1.95 bits per heavy atom. The molecule has 1 aromatic heterocycles. The van der Waals surface area contributed by atoms with Gasteiger partial charge in [0.1, 0.15) is 6.04 Å². The lowest BCUT2D eigenvalue weighted by atomic mass is 10.2. The van der Waals surface area contributed by atoms with Gasteiger partial charge in [-0.25, -0.2) is 8.42 Å². The molecule has 22 heavy (non-hydrogen) atoms. The van der Waals surface area contributed by atoms with Crippen LogP contribution in [0.25, 0.3) is 0 Å². The number of nitrogens with zero attached hydrogens (tertiary/aromatic N) is 3. The second kappa shape index (κ2) is 5.79. The minimum Gasteiger partial charge on any atom is -0.378 e. The Hall–Kier alpha value is -1.77. The van der Waals surface area contributed by atoms with Gasteiger partial charge in [0, 0.05) is 13.5 Å². The molecule has 2 aromatic rings. The first-order valence-corrected chi connectivity index (χ1v) is 8.39. The fourth-order valence-electron chi connectivity index (χ4n) is 2.38. The van der Waals surface area contributed by atoms with E-state index in [4.69, 9.17) is 9.26 Å². The molecule has 0 aliphatic carbocycles. The van der Waals surface area contributed by atoms with Crippen molar-refractivity contribution in [2.24, 2.45) is 0 Å². The van der Waals surface area contributed by atoms with Crippen LogP contribution in [0.5, 0.6) is 0 Å². The second-order valence-corrected chi connectivity index (χ2v) is 7.08. The molecule has 8 heteroatoms. The lowest BCUT2D eigenvalue weighted by molar-refractivity contribution is 0.0282. The Labute approximate surface area is 128 Å². The van der Waals surface area contributed by atoms with Gasteiger partial charge < -0.3 is 9.26 Å². The first-order valence-electron chi connectivity index (χ1n) is 6.95. The number of ether oxygens (including phenoxy) is 1. The van der Waals surface area contributed by atoms with E-state index in [1.807, 2.05) is 6.92 Å². The Balaban J connectivity index is 1.97. The van der Waals surface area contributed by atoms with E-state index in [1.54, 1.807) is 31.2 Å². The first-order chi connectivity index (χ1) is 10.5. The molecule has 1 aromatic carbocycles. The van der Waals surface area contributed by atoms with Gasteiger partial charge in [-0.05, 0) is 19.1 Å². The third-order valence-electron chi connectivity index (χ3n) is 3.55. The van der Waals surface area contributed by atoms with Crippen molar-refractivity contribution < 1.29 is 17.7 Å². The van der Waals surface area contributed by atoms with Gasteiger partial charge in [-0.3, -0.25) is 0 Å². The largest absolute Gasteiger partial charge is 0.378 e. The predicted molar refractivity (Wildman–Crippen MR) is 77.7 cm³/mol. The average molecular weight is 323 g/mol. The van der Waals surface area contributed by atoms with Crippen molar-refractivity contribution in [3.8, 4) is 0 Å². The van der Waals surface area contributed by atoms with E-state index in [9.17, 15) is 8.42 Å². The van der Waals surface area contributed by atoms with Crippen molar-refractivity contribution in [1.29, 1.82) is 0 Å². The molecule has 0 amide bonds. The normalized spacial score (nSPS) is 20.2. The molecule has 3 rings (SSSR count). The Morgan fingerprint density at radius 1 is 1.23 bits per heavy atom. The minimum absolute atomic E-state index is 0.212. The molecule has 1 atom stereocenters. The highest BCUT2D eigenvalue weighted by Crippen LogP contribution is 2.28. The summed E-state index contributed by atoms with van der Waals surface area (Å²) >= 11 is 0. The molecule has 0 N–H and O–H groups in total. The molecule has 1 fully saturated rings. The Morgan fingerprint density at radius 3 is 2.59 bits per heavy atom. The van der Waals surface area contributed by atoms with Gasteiger partial charge >= 0.3 is 0 Å². The van der Waals surface area contributed by atoms with Crippen molar-refractivity contribution >= 4 is 10.0 Å². The van der Waals surface area contributed by atoms with Crippen LogP contribution in [-0.4, -0.2) is 42.6 Å². The zero-order valence-electron chi connectivity index (χ0n) is 12.4. The molecule has 2 heterocycles. The maximum absolute atomic E-state index is 12.9. The summed E-state index contributed by atoms with van der Waals surface area (Å²) in [6, 6.07) is 6.21. The number of hydrogen-bond donors (Lipinski definition) is 0. The summed E-state index contributed by atoms with van der Waals surface area (Å²) in [5.74, 6) is 0.723. The molecule has 0 bridgehead atoms. The van der Waals surface area contributed by atoms with Crippen molar-refractivity contribution in [3.05, 3.63) is 41.5 Å². The van der Waals surface area contributed by atoms with Crippen LogP contribution in [0.3, 0.4) is 0 Å². The molecule has 1 aliphatic heterocycles. The van der Waals surface area contributed by atoms with E-state index in [0.717, 1.165) is 5.56 Å². The molecule has 1 saturated heterocycles. The molecule has 0 saturated carbocycles. The lowest BCUT2D eigenvalue weighted by Crippen LogP contribution is -2.43. The van der Waals surface area contributed by atoms with E-state index in [2.05, 4.69) is 10.1 Å². The fourth-order valence-corrected chi connectivity index (χ4v) is 3.93. The van der Waals surface area contributed by atoms with E-state index in [0.29, 0.717) is 18.3 Å². The van der Waals surface area contributed by atoms with Crippen LogP contribution >= 0.6 is 0 Å². The van der Waals surface area contributed by atoms with Gasteiger partial charge in [0.2, 0.25) is 15.9 Å². The summed E-state index contributed by atoms with van der Waals surface area (Å²) < 4.78 is 37.5. The lowest BCUT2D eigenvalue weighted by Gasteiger charge is -2.32. The topological polar surface area (TPSA) is 85.5 Å². The Bertz CT molecular complexity index is 755. The van der Waals surface area contributed by atoms with Crippen LogP contribution in [0.1, 0.15) is 23.3 Å². The standard InChI is InChI=1S/C14H17N3O4S/c1-10-3-5-12(6-4-10)22(18,19)17-7-8-20-9-13(17)14-15-11(2)21-16-14/h3-6,13H,7-9H2,1-2H3/t13-/m1/s1. The molecular weight excluding hydrogens is 306 g/mol. The smallest absolute Gasteiger partial charge is 0.243 e. The Kier molecular flexibility index (Phi) is 3.98. The van der Waals surface area contributed by atoms with E-state index < -0.39 is 16.1 Å². The molecule has 0 unspecified atom stereocenters. The number of hydrogen-bond acceptors (Lipinski definition) is 6.